The number of hydrogen-bond donors (Lipinski definition) is 2. The third-order valence-corrected chi connectivity index (χ3v) is 3.69. The molecule has 1 atom stereocenters. The van der Waals surface area contributed by atoms with Gasteiger partial charge >= 0.3 is 6.03 Å². The predicted octanol–water partition coefficient (Wildman–Crippen LogP) is 2.60. The van der Waals surface area contributed by atoms with Crippen molar-refractivity contribution in [3.8, 4) is 11.4 Å². The fourth-order valence-corrected chi connectivity index (χ4v) is 2.41. The first-order chi connectivity index (χ1) is 11.2. The van der Waals surface area contributed by atoms with E-state index in [1.807, 2.05) is 31.2 Å². The van der Waals surface area contributed by atoms with Crippen LogP contribution in [0.25, 0.3) is 11.4 Å². The van der Waals surface area contributed by atoms with E-state index in [-0.39, 0.29) is 12.1 Å². The van der Waals surface area contributed by atoms with Gasteiger partial charge in [0, 0.05) is 30.8 Å². The van der Waals surface area contributed by atoms with Crippen molar-refractivity contribution in [1.29, 1.82) is 0 Å². The summed E-state index contributed by atoms with van der Waals surface area (Å²) in [4.78, 5) is 16.1. The van der Waals surface area contributed by atoms with Gasteiger partial charge in [-0.3, -0.25) is 0 Å². The first-order valence-corrected chi connectivity index (χ1v) is 7.84. The lowest BCUT2D eigenvalue weighted by atomic mass is 10.2. The Morgan fingerprint density at radius 1 is 1.35 bits per heavy atom. The second-order valence-corrected chi connectivity index (χ2v) is 5.41. The van der Waals surface area contributed by atoms with E-state index in [9.17, 15) is 4.79 Å². The summed E-state index contributed by atoms with van der Waals surface area (Å²) in [6.07, 6.45) is 2.90. The van der Waals surface area contributed by atoms with Crippen LogP contribution in [-0.2, 0) is 11.2 Å². The summed E-state index contributed by atoms with van der Waals surface area (Å²) in [5.41, 5.74) is 1.55. The van der Waals surface area contributed by atoms with Gasteiger partial charge < -0.3 is 19.9 Å². The lowest BCUT2D eigenvalue weighted by Crippen LogP contribution is -2.34. The van der Waals surface area contributed by atoms with Crippen LogP contribution in [0.1, 0.15) is 25.7 Å². The van der Waals surface area contributed by atoms with E-state index in [0.29, 0.717) is 30.4 Å². The summed E-state index contributed by atoms with van der Waals surface area (Å²) in [5, 5.41) is 9.53. The molecule has 1 aliphatic heterocycles. The number of nitrogens with one attached hydrogen (secondary N) is 2. The number of ether oxygens (including phenoxy) is 1. The summed E-state index contributed by atoms with van der Waals surface area (Å²) < 4.78 is 10.6. The molecule has 3 rings (SSSR count). The molecule has 0 saturated carbocycles. The van der Waals surface area contributed by atoms with Crippen LogP contribution in [0.5, 0.6) is 0 Å². The smallest absolute Gasteiger partial charge is 0.319 e. The van der Waals surface area contributed by atoms with Crippen LogP contribution < -0.4 is 10.6 Å². The van der Waals surface area contributed by atoms with Gasteiger partial charge in [0.25, 0.3) is 0 Å². The van der Waals surface area contributed by atoms with Crippen molar-refractivity contribution >= 4 is 11.7 Å². The van der Waals surface area contributed by atoms with Crippen LogP contribution in [0.2, 0.25) is 0 Å². The average molecular weight is 316 g/mol. The highest BCUT2D eigenvalue weighted by molar-refractivity contribution is 5.89. The number of hydrogen-bond acceptors (Lipinski definition) is 5. The fraction of sp³-hybridized carbons (Fsp3) is 0.438. The normalized spacial score (nSPS) is 17.2. The number of carbonyl (C=O) groups excluding carboxylic acids is 1. The number of aryl methyl sites for hydroxylation is 1. The molecule has 0 spiro atoms. The van der Waals surface area contributed by atoms with Gasteiger partial charge in [-0.05, 0) is 37.1 Å². The zero-order valence-electron chi connectivity index (χ0n) is 13.0. The Morgan fingerprint density at radius 2 is 2.17 bits per heavy atom. The topological polar surface area (TPSA) is 89.3 Å². The molecule has 1 fully saturated rings. The molecule has 0 aliphatic carbocycles. The molecule has 2 amide bonds. The second-order valence-electron chi connectivity index (χ2n) is 5.41. The minimum atomic E-state index is -0.235. The molecule has 1 unspecified atom stereocenters. The first kappa shape index (κ1) is 15.5. The number of anilines is 1. The maximum absolute atomic E-state index is 11.8. The molecule has 1 saturated heterocycles. The lowest BCUT2D eigenvalue weighted by molar-refractivity contribution is 0.112. The van der Waals surface area contributed by atoms with Crippen LogP contribution >= 0.6 is 0 Å². The number of aromatic nitrogens is 2. The largest absolute Gasteiger partial charge is 0.376 e. The highest BCUT2D eigenvalue weighted by Crippen LogP contribution is 2.19. The minimum absolute atomic E-state index is 0.133. The van der Waals surface area contributed by atoms with Crippen molar-refractivity contribution in [2.24, 2.45) is 0 Å². The van der Waals surface area contributed by atoms with Crippen LogP contribution in [0.15, 0.2) is 28.8 Å². The number of rotatable bonds is 5. The van der Waals surface area contributed by atoms with Crippen molar-refractivity contribution in [2.45, 2.75) is 32.3 Å². The summed E-state index contributed by atoms with van der Waals surface area (Å²) in [7, 11) is 0. The highest BCUT2D eigenvalue weighted by Gasteiger charge is 2.16. The van der Waals surface area contributed by atoms with E-state index in [1.165, 1.54) is 0 Å². The molecule has 122 valence electrons. The summed E-state index contributed by atoms with van der Waals surface area (Å²) >= 11 is 0. The van der Waals surface area contributed by atoms with Gasteiger partial charge in [-0.25, -0.2) is 4.79 Å². The number of amides is 2. The first-order valence-electron chi connectivity index (χ1n) is 7.84. The maximum atomic E-state index is 11.8. The SMILES string of the molecule is CCc1nc(-c2ccc(NC(=O)NCC3CCCO3)cc2)no1. The quantitative estimate of drug-likeness (QED) is 0.885. The number of benzene rings is 1. The van der Waals surface area contributed by atoms with E-state index >= 15 is 0 Å². The maximum Gasteiger partial charge on any atom is 0.319 e. The second kappa shape index (κ2) is 7.23. The van der Waals surface area contributed by atoms with E-state index in [0.717, 1.165) is 25.0 Å². The molecule has 1 aliphatic rings. The standard InChI is InChI=1S/C16H20N4O3/c1-2-14-19-15(20-23-14)11-5-7-12(8-6-11)18-16(21)17-10-13-4-3-9-22-13/h5-8,13H,2-4,9-10H2,1H3,(H2,17,18,21). The Hall–Kier alpha value is -2.41. The van der Waals surface area contributed by atoms with Crippen LogP contribution in [0.4, 0.5) is 10.5 Å². The van der Waals surface area contributed by atoms with Crippen LogP contribution in [0.3, 0.4) is 0 Å². The molecule has 2 N–H and O–H groups in total. The third kappa shape index (κ3) is 4.07. The van der Waals surface area contributed by atoms with Crippen LogP contribution in [0, 0.1) is 0 Å². The van der Waals surface area contributed by atoms with Gasteiger partial charge in [0.15, 0.2) is 0 Å². The molecule has 2 heterocycles. The molecule has 1 aromatic heterocycles. The molecule has 0 radical (unpaired) electrons. The molecule has 1 aromatic carbocycles. The summed E-state index contributed by atoms with van der Waals surface area (Å²) in [6.45, 7) is 3.28. The van der Waals surface area contributed by atoms with Gasteiger partial charge in [-0.1, -0.05) is 12.1 Å². The van der Waals surface area contributed by atoms with Crippen molar-refractivity contribution < 1.29 is 14.1 Å². The molecule has 2 aromatic rings. The van der Waals surface area contributed by atoms with E-state index in [2.05, 4.69) is 20.8 Å². The highest BCUT2D eigenvalue weighted by atomic mass is 16.5. The summed E-state index contributed by atoms with van der Waals surface area (Å²) in [5.74, 6) is 1.16. The number of urea groups is 1. The number of carbonyl (C=O) groups is 1. The average Bonchev–Trinajstić information content (AvgIpc) is 3.25. The van der Waals surface area contributed by atoms with Crippen molar-refractivity contribution in [1.82, 2.24) is 15.5 Å². The van der Waals surface area contributed by atoms with E-state index in [4.69, 9.17) is 9.26 Å². The Kier molecular flexibility index (Phi) is 4.87. The Labute approximate surface area is 134 Å². The van der Waals surface area contributed by atoms with Crippen molar-refractivity contribution in [2.75, 3.05) is 18.5 Å². The van der Waals surface area contributed by atoms with Gasteiger partial charge in [0.1, 0.15) is 0 Å². The van der Waals surface area contributed by atoms with E-state index in [1.54, 1.807) is 0 Å². The Bertz CT molecular complexity index is 648. The lowest BCUT2D eigenvalue weighted by Gasteiger charge is -2.11. The van der Waals surface area contributed by atoms with E-state index < -0.39 is 0 Å². The molecule has 0 bridgehead atoms. The number of nitrogens with zero attached hydrogens (tertiary/aromatic N) is 2. The summed E-state index contributed by atoms with van der Waals surface area (Å²) in [6, 6.07) is 7.08. The molecular weight excluding hydrogens is 296 g/mol. The minimum Gasteiger partial charge on any atom is -0.376 e. The van der Waals surface area contributed by atoms with Gasteiger partial charge in [-0.15, -0.1) is 0 Å². The van der Waals surface area contributed by atoms with Gasteiger partial charge in [-0.2, -0.15) is 4.98 Å². The van der Waals surface area contributed by atoms with Gasteiger partial charge in [0.2, 0.25) is 11.7 Å². The zero-order valence-corrected chi connectivity index (χ0v) is 13.0. The monoisotopic (exact) mass is 316 g/mol. The molecule has 23 heavy (non-hydrogen) atoms. The Balaban J connectivity index is 1.53. The zero-order chi connectivity index (χ0) is 16.1. The fourth-order valence-electron chi connectivity index (χ4n) is 2.41. The van der Waals surface area contributed by atoms with Crippen molar-refractivity contribution in [3.05, 3.63) is 30.2 Å². The molecular formula is C16H20N4O3. The predicted molar refractivity (Wildman–Crippen MR) is 85.1 cm³/mol. The molecule has 7 heteroatoms. The molecule has 7 nitrogen and oxygen atoms in total. The van der Waals surface area contributed by atoms with Gasteiger partial charge in [0.05, 0.1) is 6.10 Å². The van der Waals surface area contributed by atoms with Crippen LogP contribution in [-0.4, -0.2) is 35.4 Å². The third-order valence-electron chi connectivity index (χ3n) is 3.69. The Morgan fingerprint density at radius 3 is 2.83 bits per heavy atom. The van der Waals surface area contributed by atoms with Crippen molar-refractivity contribution in [3.63, 3.8) is 0 Å².